The summed E-state index contributed by atoms with van der Waals surface area (Å²) in [5, 5.41) is 16.8. The van der Waals surface area contributed by atoms with Gasteiger partial charge in [-0.3, -0.25) is 4.79 Å². The SMILES string of the molecule is CCc1c(CCNC(=O)c2c(OC(C)C(C)(F)F)ccc(C#N)c2OC)nn(-c2ccc(F)cc2)c1C. The van der Waals surface area contributed by atoms with Crippen molar-refractivity contribution in [2.75, 3.05) is 13.7 Å². The summed E-state index contributed by atoms with van der Waals surface area (Å²) in [5.74, 6) is -4.32. The molecule has 37 heavy (non-hydrogen) atoms. The highest BCUT2D eigenvalue weighted by Gasteiger charge is 2.34. The van der Waals surface area contributed by atoms with E-state index in [1.807, 2.05) is 19.9 Å². The van der Waals surface area contributed by atoms with Crippen LogP contribution in [0.2, 0.25) is 0 Å². The fourth-order valence-corrected chi connectivity index (χ4v) is 3.94. The van der Waals surface area contributed by atoms with Gasteiger partial charge in [-0.25, -0.2) is 17.9 Å². The molecule has 1 heterocycles. The number of ether oxygens (including phenoxy) is 2. The number of alkyl halides is 2. The number of halogens is 3. The zero-order valence-electron chi connectivity index (χ0n) is 21.4. The van der Waals surface area contributed by atoms with Gasteiger partial charge in [0, 0.05) is 25.6 Å². The summed E-state index contributed by atoms with van der Waals surface area (Å²) >= 11 is 0. The van der Waals surface area contributed by atoms with E-state index in [4.69, 9.17) is 9.47 Å². The predicted molar refractivity (Wildman–Crippen MR) is 132 cm³/mol. The maximum absolute atomic E-state index is 13.8. The fraction of sp³-hybridized carbons (Fsp3) is 0.370. The molecular formula is C27H29F3N4O3. The Kier molecular flexibility index (Phi) is 8.48. The number of nitrogens with zero attached hydrogens (tertiary/aromatic N) is 3. The second-order valence-electron chi connectivity index (χ2n) is 8.61. The lowest BCUT2D eigenvalue weighted by atomic mass is 10.1. The number of nitrogens with one attached hydrogen (secondary N) is 1. The van der Waals surface area contributed by atoms with Crippen molar-refractivity contribution in [3.05, 3.63) is 70.3 Å². The van der Waals surface area contributed by atoms with E-state index in [0.29, 0.717) is 18.5 Å². The van der Waals surface area contributed by atoms with E-state index < -0.39 is 17.9 Å². The Hall–Kier alpha value is -4.00. The molecule has 1 unspecified atom stereocenters. The third kappa shape index (κ3) is 6.05. The zero-order chi connectivity index (χ0) is 27.3. The van der Waals surface area contributed by atoms with Crippen LogP contribution in [0.15, 0.2) is 36.4 Å². The van der Waals surface area contributed by atoms with Gasteiger partial charge in [0.25, 0.3) is 11.8 Å². The van der Waals surface area contributed by atoms with Crippen LogP contribution in [0.3, 0.4) is 0 Å². The molecule has 0 aliphatic heterocycles. The molecule has 1 amide bonds. The molecule has 196 valence electrons. The van der Waals surface area contributed by atoms with Crippen molar-refractivity contribution in [3.63, 3.8) is 0 Å². The van der Waals surface area contributed by atoms with Gasteiger partial charge < -0.3 is 14.8 Å². The van der Waals surface area contributed by atoms with Crippen LogP contribution in [0.25, 0.3) is 5.69 Å². The first-order valence-electron chi connectivity index (χ1n) is 11.8. The summed E-state index contributed by atoms with van der Waals surface area (Å²) < 4.78 is 53.3. The zero-order valence-corrected chi connectivity index (χ0v) is 21.4. The standard InChI is InChI=1S/C27H29F3N4O3/c1-6-21-16(2)34(20-10-8-19(28)9-11-20)33-22(21)13-14-32-26(35)24-23(37-17(3)27(4,29)30)12-7-18(15-31)25(24)36-5/h7-12,17H,6,13-14H2,1-5H3,(H,32,35). The van der Waals surface area contributed by atoms with Crippen molar-refractivity contribution < 1.29 is 27.4 Å². The Morgan fingerprint density at radius 3 is 2.49 bits per heavy atom. The van der Waals surface area contributed by atoms with Crippen LogP contribution >= 0.6 is 0 Å². The van der Waals surface area contributed by atoms with Crippen LogP contribution < -0.4 is 14.8 Å². The van der Waals surface area contributed by atoms with Crippen LogP contribution in [0.5, 0.6) is 11.5 Å². The number of aromatic nitrogens is 2. The summed E-state index contributed by atoms with van der Waals surface area (Å²) in [6.07, 6.45) is -0.443. The Labute approximate surface area is 213 Å². The Morgan fingerprint density at radius 2 is 1.92 bits per heavy atom. The normalized spacial score (nSPS) is 12.1. The third-order valence-corrected chi connectivity index (χ3v) is 6.08. The molecule has 0 radical (unpaired) electrons. The molecule has 2 aromatic carbocycles. The topological polar surface area (TPSA) is 89.2 Å². The molecule has 0 saturated heterocycles. The smallest absolute Gasteiger partial charge is 0.281 e. The quantitative estimate of drug-likeness (QED) is 0.404. The molecule has 0 aliphatic rings. The molecule has 0 aliphatic carbocycles. The monoisotopic (exact) mass is 514 g/mol. The van der Waals surface area contributed by atoms with Crippen molar-refractivity contribution in [2.24, 2.45) is 0 Å². The lowest BCUT2D eigenvalue weighted by molar-refractivity contribution is -0.0720. The molecule has 1 aromatic heterocycles. The minimum Gasteiger partial charge on any atom is -0.494 e. The van der Waals surface area contributed by atoms with Crippen molar-refractivity contribution in [2.45, 2.75) is 52.6 Å². The van der Waals surface area contributed by atoms with Crippen LogP contribution in [0, 0.1) is 24.1 Å². The Morgan fingerprint density at radius 1 is 1.24 bits per heavy atom. The predicted octanol–water partition coefficient (Wildman–Crippen LogP) is 5.16. The highest BCUT2D eigenvalue weighted by molar-refractivity contribution is 6.00. The van der Waals surface area contributed by atoms with E-state index in [1.54, 1.807) is 16.8 Å². The largest absolute Gasteiger partial charge is 0.494 e. The Balaban J connectivity index is 1.85. The number of amides is 1. The Bertz CT molecular complexity index is 1310. The van der Waals surface area contributed by atoms with E-state index in [0.717, 1.165) is 23.9 Å². The molecule has 3 aromatic rings. The van der Waals surface area contributed by atoms with Gasteiger partial charge in [0.15, 0.2) is 11.9 Å². The average Bonchev–Trinajstić information content (AvgIpc) is 3.18. The molecule has 10 heteroatoms. The van der Waals surface area contributed by atoms with Gasteiger partial charge in [-0.05, 0) is 62.2 Å². The number of hydrogen-bond donors (Lipinski definition) is 1. The van der Waals surface area contributed by atoms with E-state index in [1.165, 1.54) is 38.3 Å². The van der Waals surface area contributed by atoms with Gasteiger partial charge in [0.2, 0.25) is 0 Å². The molecule has 1 N–H and O–H groups in total. The lowest BCUT2D eigenvalue weighted by Gasteiger charge is -2.23. The molecule has 7 nitrogen and oxygen atoms in total. The number of carbonyl (C=O) groups is 1. The van der Waals surface area contributed by atoms with Crippen molar-refractivity contribution >= 4 is 5.91 Å². The maximum atomic E-state index is 13.8. The summed E-state index contributed by atoms with van der Waals surface area (Å²) in [6.45, 7) is 6.00. The van der Waals surface area contributed by atoms with E-state index in [9.17, 15) is 23.2 Å². The van der Waals surface area contributed by atoms with E-state index in [2.05, 4.69) is 10.4 Å². The molecule has 0 spiro atoms. The summed E-state index contributed by atoms with van der Waals surface area (Å²) in [7, 11) is 1.28. The fourth-order valence-electron chi connectivity index (χ4n) is 3.94. The minimum absolute atomic E-state index is 0.0604. The van der Waals surface area contributed by atoms with Gasteiger partial charge in [0.05, 0.1) is 24.1 Å². The molecule has 0 saturated carbocycles. The summed E-state index contributed by atoms with van der Waals surface area (Å²) in [5.41, 5.74) is 3.32. The van der Waals surface area contributed by atoms with Crippen molar-refractivity contribution in [3.8, 4) is 23.3 Å². The maximum Gasteiger partial charge on any atom is 0.281 e. The molecule has 0 bridgehead atoms. The van der Waals surface area contributed by atoms with Gasteiger partial charge in [-0.15, -0.1) is 0 Å². The molecular weight excluding hydrogens is 485 g/mol. The number of hydrogen-bond acceptors (Lipinski definition) is 5. The van der Waals surface area contributed by atoms with Crippen molar-refractivity contribution in [1.29, 1.82) is 5.26 Å². The van der Waals surface area contributed by atoms with Gasteiger partial charge >= 0.3 is 0 Å². The van der Waals surface area contributed by atoms with Crippen LogP contribution in [0.4, 0.5) is 13.2 Å². The average molecular weight is 515 g/mol. The lowest BCUT2D eigenvalue weighted by Crippen LogP contribution is -2.34. The van der Waals surface area contributed by atoms with E-state index in [-0.39, 0.29) is 35.0 Å². The summed E-state index contributed by atoms with van der Waals surface area (Å²) in [6, 6.07) is 10.6. The molecule has 0 fully saturated rings. The van der Waals surface area contributed by atoms with Crippen LogP contribution in [-0.4, -0.2) is 41.4 Å². The number of benzene rings is 2. The first kappa shape index (κ1) is 27.6. The number of carbonyl (C=O) groups excluding carboxylic acids is 1. The third-order valence-electron chi connectivity index (χ3n) is 6.08. The number of methoxy groups -OCH3 is 1. The van der Waals surface area contributed by atoms with Crippen LogP contribution in [0.1, 0.15) is 53.6 Å². The van der Waals surface area contributed by atoms with Gasteiger partial charge in [-0.1, -0.05) is 6.92 Å². The van der Waals surface area contributed by atoms with Gasteiger partial charge in [0.1, 0.15) is 23.2 Å². The van der Waals surface area contributed by atoms with E-state index >= 15 is 0 Å². The molecule has 1 atom stereocenters. The number of nitriles is 1. The highest BCUT2D eigenvalue weighted by Crippen LogP contribution is 2.34. The second-order valence-corrected chi connectivity index (χ2v) is 8.61. The first-order valence-corrected chi connectivity index (χ1v) is 11.8. The highest BCUT2D eigenvalue weighted by atomic mass is 19.3. The van der Waals surface area contributed by atoms with Gasteiger partial charge in [-0.2, -0.15) is 10.4 Å². The first-order chi connectivity index (χ1) is 17.5. The van der Waals surface area contributed by atoms with Crippen molar-refractivity contribution in [1.82, 2.24) is 15.1 Å². The number of rotatable bonds is 10. The summed E-state index contributed by atoms with van der Waals surface area (Å²) in [4.78, 5) is 13.2. The van der Waals surface area contributed by atoms with Crippen LogP contribution in [-0.2, 0) is 12.8 Å². The minimum atomic E-state index is -3.16. The second kappa shape index (κ2) is 11.4. The molecule has 3 rings (SSSR count).